The van der Waals surface area contributed by atoms with E-state index in [-0.39, 0.29) is 0 Å². The van der Waals surface area contributed by atoms with E-state index < -0.39 is 0 Å². The fraction of sp³-hybridized carbons (Fsp3) is 1.00. The van der Waals surface area contributed by atoms with Crippen molar-refractivity contribution in [3.05, 3.63) is 0 Å². The van der Waals surface area contributed by atoms with Gasteiger partial charge in [-0.25, -0.2) is 0 Å². The van der Waals surface area contributed by atoms with E-state index >= 15 is 0 Å². The molecular formula is C11H25NO. The first-order chi connectivity index (χ1) is 6.20. The lowest BCUT2D eigenvalue weighted by molar-refractivity contribution is 0.134. The molecular weight excluding hydrogens is 162 g/mol. The smallest absolute Gasteiger partial charge is 0.0480 e. The van der Waals surface area contributed by atoms with E-state index in [1.54, 1.807) is 0 Å². The molecule has 0 aliphatic carbocycles. The molecule has 0 aromatic heterocycles. The first kappa shape index (κ1) is 12.9. The highest BCUT2D eigenvalue weighted by Gasteiger charge is 2.08. The maximum atomic E-state index is 5.35. The maximum absolute atomic E-state index is 5.35. The molecule has 0 aromatic carbocycles. The summed E-state index contributed by atoms with van der Waals surface area (Å²) in [5.41, 5.74) is 0. The predicted octanol–water partition coefficient (Wildman–Crippen LogP) is 2.44. The number of nitrogens with one attached hydrogen (secondary N) is 1. The van der Waals surface area contributed by atoms with Crippen molar-refractivity contribution >= 4 is 0 Å². The molecule has 0 heterocycles. The van der Waals surface area contributed by atoms with E-state index in [1.165, 1.54) is 6.42 Å². The number of ether oxygens (including phenoxy) is 1. The van der Waals surface area contributed by atoms with Crippen LogP contribution in [0.3, 0.4) is 0 Å². The summed E-state index contributed by atoms with van der Waals surface area (Å²) in [6.45, 7) is 11.5. The molecule has 2 nitrogen and oxygen atoms in total. The Balaban J connectivity index is 3.53. The van der Waals surface area contributed by atoms with E-state index in [1.807, 2.05) is 6.92 Å². The fourth-order valence-electron chi connectivity index (χ4n) is 1.53. The van der Waals surface area contributed by atoms with E-state index in [0.717, 1.165) is 32.1 Å². The zero-order valence-corrected chi connectivity index (χ0v) is 9.60. The molecule has 2 heteroatoms. The van der Waals surface area contributed by atoms with Crippen LogP contribution in [0.5, 0.6) is 0 Å². The molecule has 0 aromatic rings. The number of hydrogen-bond donors (Lipinski definition) is 1. The molecule has 80 valence electrons. The van der Waals surface area contributed by atoms with Crippen molar-refractivity contribution in [2.75, 3.05) is 19.8 Å². The van der Waals surface area contributed by atoms with E-state index in [9.17, 15) is 0 Å². The highest BCUT2D eigenvalue weighted by atomic mass is 16.5. The highest BCUT2D eigenvalue weighted by Crippen LogP contribution is 2.07. The Hall–Kier alpha value is -0.0800. The average molecular weight is 187 g/mol. The van der Waals surface area contributed by atoms with Crippen LogP contribution >= 0.6 is 0 Å². The molecule has 13 heavy (non-hydrogen) atoms. The second kappa shape index (κ2) is 8.52. The van der Waals surface area contributed by atoms with Gasteiger partial charge in [-0.05, 0) is 32.2 Å². The molecule has 0 radical (unpaired) electrons. The lowest BCUT2D eigenvalue weighted by atomic mass is 10.0. The van der Waals surface area contributed by atoms with Gasteiger partial charge in [0.25, 0.3) is 0 Å². The van der Waals surface area contributed by atoms with Crippen molar-refractivity contribution < 1.29 is 4.74 Å². The summed E-state index contributed by atoms with van der Waals surface area (Å²) < 4.78 is 5.35. The van der Waals surface area contributed by atoms with Crippen molar-refractivity contribution in [2.24, 2.45) is 5.92 Å². The van der Waals surface area contributed by atoms with Crippen LogP contribution in [0.15, 0.2) is 0 Å². The normalized spacial score (nSPS) is 13.6. The van der Waals surface area contributed by atoms with Crippen molar-refractivity contribution in [2.45, 2.75) is 46.6 Å². The Morgan fingerprint density at radius 1 is 1.23 bits per heavy atom. The number of rotatable bonds is 8. The van der Waals surface area contributed by atoms with Gasteiger partial charge in [0.1, 0.15) is 0 Å². The van der Waals surface area contributed by atoms with Crippen LogP contribution in [0.2, 0.25) is 0 Å². The molecule has 1 atom stereocenters. The van der Waals surface area contributed by atoms with Crippen LogP contribution in [0.25, 0.3) is 0 Å². The van der Waals surface area contributed by atoms with E-state index in [0.29, 0.717) is 6.04 Å². The molecule has 0 saturated heterocycles. The van der Waals surface area contributed by atoms with Gasteiger partial charge in [0, 0.05) is 19.3 Å². The third kappa shape index (κ3) is 8.26. The van der Waals surface area contributed by atoms with Crippen LogP contribution in [0.4, 0.5) is 0 Å². The minimum atomic E-state index is 0.636. The second-order valence-electron chi connectivity index (χ2n) is 3.87. The summed E-state index contributed by atoms with van der Waals surface area (Å²) in [6, 6.07) is 0.636. The van der Waals surface area contributed by atoms with Gasteiger partial charge in [-0.3, -0.25) is 0 Å². The van der Waals surface area contributed by atoms with Crippen molar-refractivity contribution in [1.82, 2.24) is 5.32 Å². The first-order valence-electron chi connectivity index (χ1n) is 5.51. The molecule has 0 rings (SSSR count). The highest BCUT2D eigenvalue weighted by molar-refractivity contribution is 4.67. The van der Waals surface area contributed by atoms with Gasteiger partial charge in [0.05, 0.1) is 0 Å². The summed E-state index contributed by atoms with van der Waals surface area (Å²) in [5, 5.41) is 3.49. The summed E-state index contributed by atoms with van der Waals surface area (Å²) in [4.78, 5) is 0. The summed E-state index contributed by atoms with van der Waals surface area (Å²) in [6.07, 6.45) is 2.39. The molecule has 1 N–H and O–H groups in total. The Morgan fingerprint density at radius 2 is 1.92 bits per heavy atom. The zero-order chi connectivity index (χ0) is 10.1. The Labute approximate surface area is 83.1 Å². The third-order valence-electron chi connectivity index (χ3n) is 2.06. The predicted molar refractivity (Wildman–Crippen MR) is 58.0 cm³/mol. The van der Waals surface area contributed by atoms with Crippen molar-refractivity contribution in [3.63, 3.8) is 0 Å². The van der Waals surface area contributed by atoms with Gasteiger partial charge in [0.2, 0.25) is 0 Å². The molecule has 0 aliphatic heterocycles. The molecule has 0 fully saturated rings. The van der Waals surface area contributed by atoms with Crippen LogP contribution in [-0.4, -0.2) is 25.8 Å². The van der Waals surface area contributed by atoms with Crippen LogP contribution in [0, 0.1) is 5.92 Å². The van der Waals surface area contributed by atoms with Crippen LogP contribution < -0.4 is 5.32 Å². The third-order valence-corrected chi connectivity index (χ3v) is 2.06. The lowest BCUT2D eigenvalue weighted by Gasteiger charge is -2.19. The molecule has 0 amide bonds. The minimum Gasteiger partial charge on any atom is -0.382 e. The largest absolute Gasteiger partial charge is 0.382 e. The van der Waals surface area contributed by atoms with Gasteiger partial charge in [-0.15, -0.1) is 0 Å². The standard InChI is InChI=1S/C11H25NO/c1-5-12-11(9-10(3)4)7-8-13-6-2/h10-12H,5-9H2,1-4H3. The van der Waals surface area contributed by atoms with Crippen molar-refractivity contribution in [1.29, 1.82) is 0 Å². The average Bonchev–Trinajstić information content (AvgIpc) is 2.04. The molecule has 0 spiro atoms. The van der Waals surface area contributed by atoms with Crippen molar-refractivity contribution in [3.8, 4) is 0 Å². The Kier molecular flexibility index (Phi) is 8.46. The monoisotopic (exact) mass is 187 g/mol. The first-order valence-corrected chi connectivity index (χ1v) is 5.51. The second-order valence-corrected chi connectivity index (χ2v) is 3.87. The Morgan fingerprint density at radius 3 is 2.38 bits per heavy atom. The van der Waals surface area contributed by atoms with Gasteiger partial charge >= 0.3 is 0 Å². The summed E-state index contributed by atoms with van der Waals surface area (Å²) in [7, 11) is 0. The lowest BCUT2D eigenvalue weighted by Crippen LogP contribution is -2.31. The molecule has 1 unspecified atom stereocenters. The van der Waals surface area contributed by atoms with E-state index in [4.69, 9.17) is 4.74 Å². The van der Waals surface area contributed by atoms with Gasteiger partial charge in [-0.2, -0.15) is 0 Å². The summed E-state index contributed by atoms with van der Waals surface area (Å²) >= 11 is 0. The van der Waals surface area contributed by atoms with Gasteiger partial charge in [0.15, 0.2) is 0 Å². The maximum Gasteiger partial charge on any atom is 0.0480 e. The quantitative estimate of drug-likeness (QED) is 0.589. The Bertz CT molecular complexity index is 104. The zero-order valence-electron chi connectivity index (χ0n) is 9.60. The molecule has 0 aliphatic rings. The molecule has 0 saturated carbocycles. The van der Waals surface area contributed by atoms with Gasteiger partial charge < -0.3 is 10.1 Å². The fourth-order valence-corrected chi connectivity index (χ4v) is 1.53. The topological polar surface area (TPSA) is 21.3 Å². The summed E-state index contributed by atoms with van der Waals surface area (Å²) in [5.74, 6) is 0.769. The van der Waals surface area contributed by atoms with Crippen LogP contribution in [0.1, 0.15) is 40.5 Å². The molecule has 0 bridgehead atoms. The number of hydrogen-bond acceptors (Lipinski definition) is 2. The SMILES string of the molecule is CCNC(CCOCC)CC(C)C. The van der Waals surface area contributed by atoms with E-state index in [2.05, 4.69) is 26.1 Å². The van der Waals surface area contributed by atoms with Gasteiger partial charge in [-0.1, -0.05) is 20.8 Å². The van der Waals surface area contributed by atoms with Crippen LogP contribution in [-0.2, 0) is 4.74 Å². The minimum absolute atomic E-state index is 0.636.